The third kappa shape index (κ3) is 4.32. The van der Waals surface area contributed by atoms with Gasteiger partial charge in [0.2, 0.25) is 5.91 Å². The second-order valence-electron chi connectivity index (χ2n) is 5.50. The summed E-state index contributed by atoms with van der Waals surface area (Å²) in [6.07, 6.45) is 0.213. The van der Waals surface area contributed by atoms with E-state index >= 15 is 0 Å². The van der Waals surface area contributed by atoms with Crippen molar-refractivity contribution in [2.24, 2.45) is 0 Å². The van der Waals surface area contributed by atoms with Crippen LogP contribution in [0.5, 0.6) is 0 Å². The summed E-state index contributed by atoms with van der Waals surface area (Å²) in [5.74, 6) is 0.0653. The third-order valence-corrected chi connectivity index (χ3v) is 3.86. The van der Waals surface area contributed by atoms with E-state index in [1.54, 1.807) is 18.9 Å². The Kier molecular flexibility index (Phi) is 5.56. The van der Waals surface area contributed by atoms with Crippen molar-refractivity contribution in [1.82, 2.24) is 4.90 Å². The number of aliphatic hydroxyl groups is 1. The Balaban J connectivity index is 2.81. The van der Waals surface area contributed by atoms with Crippen LogP contribution in [0, 0.1) is 0 Å². The summed E-state index contributed by atoms with van der Waals surface area (Å²) < 4.78 is 1.00. The Morgan fingerprint density at radius 1 is 1.37 bits per heavy atom. The van der Waals surface area contributed by atoms with Crippen LogP contribution >= 0.6 is 15.9 Å². The van der Waals surface area contributed by atoms with E-state index in [2.05, 4.69) is 15.9 Å². The topological polar surface area (TPSA) is 40.5 Å². The molecule has 106 valence electrons. The summed E-state index contributed by atoms with van der Waals surface area (Å²) in [4.78, 5) is 14.2. The second-order valence-corrected chi connectivity index (χ2v) is 6.41. The zero-order valence-electron chi connectivity index (χ0n) is 12.0. The van der Waals surface area contributed by atoms with Gasteiger partial charge in [-0.15, -0.1) is 0 Å². The highest BCUT2D eigenvalue weighted by molar-refractivity contribution is 9.10. The van der Waals surface area contributed by atoms with Crippen molar-refractivity contribution in [2.45, 2.75) is 38.7 Å². The fraction of sp³-hybridized carbons (Fsp3) is 0.533. The van der Waals surface area contributed by atoms with E-state index in [9.17, 15) is 9.90 Å². The first-order valence-corrected chi connectivity index (χ1v) is 7.24. The second kappa shape index (κ2) is 6.53. The van der Waals surface area contributed by atoms with Crippen molar-refractivity contribution in [1.29, 1.82) is 0 Å². The van der Waals surface area contributed by atoms with E-state index in [-0.39, 0.29) is 12.0 Å². The molecular formula is C15H22BrNO2. The highest BCUT2D eigenvalue weighted by Gasteiger charge is 2.32. The molecule has 1 unspecified atom stereocenters. The Hall–Kier alpha value is -0.870. The molecule has 1 rings (SSSR count). The standard InChI is InChI=1S/C15H22BrNO2/c1-11(18)9-10-17(4)14(19)15(2,3)12-5-7-13(16)8-6-12/h5-8,11,18H,9-10H2,1-4H3. The van der Waals surface area contributed by atoms with Gasteiger partial charge in [0.05, 0.1) is 11.5 Å². The molecule has 0 aliphatic carbocycles. The number of likely N-dealkylation sites (N-methyl/N-ethyl adjacent to an activating group) is 1. The maximum Gasteiger partial charge on any atom is 0.232 e. The molecule has 0 saturated heterocycles. The lowest BCUT2D eigenvalue weighted by Gasteiger charge is -2.30. The van der Waals surface area contributed by atoms with Crippen LogP contribution in [0.2, 0.25) is 0 Å². The minimum atomic E-state index is -0.561. The molecule has 4 heteroatoms. The minimum Gasteiger partial charge on any atom is -0.393 e. The van der Waals surface area contributed by atoms with Crippen molar-refractivity contribution < 1.29 is 9.90 Å². The van der Waals surface area contributed by atoms with Gasteiger partial charge in [0.1, 0.15) is 0 Å². The summed E-state index contributed by atoms with van der Waals surface area (Å²) in [5, 5.41) is 9.29. The van der Waals surface area contributed by atoms with E-state index in [0.717, 1.165) is 10.0 Å². The average Bonchev–Trinajstić information content (AvgIpc) is 2.35. The maximum absolute atomic E-state index is 12.5. The summed E-state index contributed by atoms with van der Waals surface area (Å²) in [5.41, 5.74) is 0.429. The number of benzene rings is 1. The van der Waals surface area contributed by atoms with Crippen LogP contribution in [0.3, 0.4) is 0 Å². The number of hydrogen-bond acceptors (Lipinski definition) is 2. The van der Waals surface area contributed by atoms with Gasteiger partial charge in [-0.3, -0.25) is 4.79 Å². The SMILES string of the molecule is CC(O)CCN(C)C(=O)C(C)(C)c1ccc(Br)cc1. The molecule has 0 bridgehead atoms. The molecule has 0 heterocycles. The molecule has 0 saturated carbocycles. The Bertz CT molecular complexity index is 426. The molecule has 1 amide bonds. The van der Waals surface area contributed by atoms with Gasteiger partial charge in [-0.05, 0) is 44.9 Å². The molecule has 0 aromatic heterocycles. The number of carbonyl (C=O) groups is 1. The van der Waals surface area contributed by atoms with Crippen molar-refractivity contribution >= 4 is 21.8 Å². The number of carbonyl (C=O) groups excluding carboxylic acids is 1. The molecule has 0 aliphatic heterocycles. The number of hydrogen-bond donors (Lipinski definition) is 1. The van der Waals surface area contributed by atoms with Crippen molar-refractivity contribution in [3.05, 3.63) is 34.3 Å². The van der Waals surface area contributed by atoms with Crippen LogP contribution in [0.15, 0.2) is 28.7 Å². The predicted octanol–water partition coefficient (Wildman–Crippen LogP) is 2.96. The number of nitrogens with zero attached hydrogens (tertiary/aromatic N) is 1. The van der Waals surface area contributed by atoms with Gasteiger partial charge >= 0.3 is 0 Å². The van der Waals surface area contributed by atoms with Gasteiger partial charge in [0, 0.05) is 18.1 Å². The summed E-state index contributed by atoms with van der Waals surface area (Å²) in [6.45, 7) is 6.16. The molecule has 1 N–H and O–H groups in total. The summed E-state index contributed by atoms with van der Waals surface area (Å²) >= 11 is 3.40. The van der Waals surface area contributed by atoms with Gasteiger partial charge in [-0.2, -0.15) is 0 Å². The van der Waals surface area contributed by atoms with E-state index < -0.39 is 5.41 Å². The van der Waals surface area contributed by atoms with Crippen LogP contribution in [-0.2, 0) is 10.2 Å². The molecular weight excluding hydrogens is 306 g/mol. The number of amides is 1. The minimum absolute atomic E-state index is 0.0653. The van der Waals surface area contributed by atoms with E-state index in [1.807, 2.05) is 38.1 Å². The monoisotopic (exact) mass is 327 g/mol. The van der Waals surface area contributed by atoms with Crippen molar-refractivity contribution in [3.8, 4) is 0 Å². The van der Waals surface area contributed by atoms with E-state index in [0.29, 0.717) is 13.0 Å². The van der Waals surface area contributed by atoms with Gasteiger partial charge in [-0.1, -0.05) is 28.1 Å². The van der Waals surface area contributed by atoms with Gasteiger partial charge in [0.15, 0.2) is 0 Å². The fourth-order valence-corrected chi connectivity index (χ4v) is 2.21. The lowest BCUT2D eigenvalue weighted by molar-refractivity contribution is -0.135. The van der Waals surface area contributed by atoms with Crippen LogP contribution in [0.4, 0.5) is 0 Å². The Labute approximate surface area is 123 Å². The number of aliphatic hydroxyl groups excluding tert-OH is 1. The van der Waals surface area contributed by atoms with Crippen LogP contribution < -0.4 is 0 Å². The first-order valence-electron chi connectivity index (χ1n) is 6.45. The lowest BCUT2D eigenvalue weighted by Crippen LogP contribution is -2.42. The van der Waals surface area contributed by atoms with Crippen LogP contribution in [0.25, 0.3) is 0 Å². The van der Waals surface area contributed by atoms with Crippen LogP contribution in [-0.4, -0.2) is 35.6 Å². The zero-order chi connectivity index (χ0) is 14.6. The molecule has 1 aromatic rings. The van der Waals surface area contributed by atoms with E-state index in [4.69, 9.17) is 0 Å². The van der Waals surface area contributed by atoms with Gasteiger partial charge in [-0.25, -0.2) is 0 Å². The molecule has 0 aliphatic rings. The normalized spacial score (nSPS) is 13.2. The first-order chi connectivity index (χ1) is 8.75. The Morgan fingerprint density at radius 2 is 1.89 bits per heavy atom. The molecule has 1 atom stereocenters. The van der Waals surface area contributed by atoms with Crippen molar-refractivity contribution in [2.75, 3.05) is 13.6 Å². The highest BCUT2D eigenvalue weighted by atomic mass is 79.9. The number of rotatable bonds is 5. The van der Waals surface area contributed by atoms with Gasteiger partial charge < -0.3 is 10.0 Å². The molecule has 0 spiro atoms. The quantitative estimate of drug-likeness (QED) is 0.903. The summed E-state index contributed by atoms with van der Waals surface area (Å²) in [6, 6.07) is 7.81. The van der Waals surface area contributed by atoms with Crippen molar-refractivity contribution in [3.63, 3.8) is 0 Å². The molecule has 1 aromatic carbocycles. The van der Waals surface area contributed by atoms with Gasteiger partial charge in [0.25, 0.3) is 0 Å². The van der Waals surface area contributed by atoms with Crippen LogP contribution in [0.1, 0.15) is 32.8 Å². The molecule has 0 radical (unpaired) electrons. The largest absolute Gasteiger partial charge is 0.393 e. The predicted molar refractivity (Wildman–Crippen MR) is 81.1 cm³/mol. The molecule has 0 fully saturated rings. The lowest BCUT2D eigenvalue weighted by atomic mass is 9.83. The zero-order valence-corrected chi connectivity index (χ0v) is 13.6. The smallest absolute Gasteiger partial charge is 0.232 e. The maximum atomic E-state index is 12.5. The fourth-order valence-electron chi connectivity index (χ4n) is 1.95. The molecule has 3 nitrogen and oxygen atoms in total. The average molecular weight is 328 g/mol. The third-order valence-electron chi connectivity index (χ3n) is 3.33. The van der Waals surface area contributed by atoms with E-state index in [1.165, 1.54) is 0 Å². The summed E-state index contributed by atoms with van der Waals surface area (Å²) in [7, 11) is 1.78. The molecule has 19 heavy (non-hydrogen) atoms. The first kappa shape index (κ1) is 16.2. The number of halogens is 1. The Morgan fingerprint density at radius 3 is 2.37 bits per heavy atom. The highest BCUT2D eigenvalue weighted by Crippen LogP contribution is 2.26.